The topological polar surface area (TPSA) is 20.3 Å². The number of fused-ring (bicyclic) bond motifs is 1. The average Bonchev–Trinajstić information content (AvgIpc) is 2.50. The fourth-order valence-electron chi connectivity index (χ4n) is 2.31. The number of rotatable bonds is 4. The molecule has 0 aliphatic carbocycles. The van der Waals surface area contributed by atoms with E-state index in [0.29, 0.717) is 6.42 Å². The van der Waals surface area contributed by atoms with Gasteiger partial charge in [-0.15, -0.1) is 0 Å². The van der Waals surface area contributed by atoms with Gasteiger partial charge in [-0.1, -0.05) is 18.2 Å². The summed E-state index contributed by atoms with van der Waals surface area (Å²) in [6.45, 7) is 0.830. The molecule has 92 valence electrons. The highest BCUT2D eigenvalue weighted by Crippen LogP contribution is 2.26. The number of hydrogen-bond donors (Lipinski definition) is 1. The van der Waals surface area contributed by atoms with Crippen LogP contribution in [0.1, 0.15) is 31.2 Å². The maximum atomic E-state index is 12.1. The number of nitrogens with zero attached hydrogens (tertiary/aromatic N) is 1. The standard InChI is InChI=1S/C14H19NOS/c16-14-9-5-7-12-6-1-2-8-13(12)15(14)10-3-4-11-17/h1-2,6,8,17H,3-5,7,9-11H2. The number of para-hydroxylation sites is 1. The fraction of sp³-hybridized carbons (Fsp3) is 0.500. The molecule has 0 unspecified atom stereocenters. The Morgan fingerprint density at radius 1 is 1.18 bits per heavy atom. The summed E-state index contributed by atoms with van der Waals surface area (Å²) in [4.78, 5) is 14.0. The lowest BCUT2D eigenvalue weighted by molar-refractivity contribution is -0.118. The van der Waals surface area contributed by atoms with Crippen LogP contribution in [0.25, 0.3) is 0 Å². The van der Waals surface area contributed by atoms with Crippen LogP contribution in [0, 0.1) is 0 Å². The van der Waals surface area contributed by atoms with Crippen molar-refractivity contribution < 1.29 is 4.79 Å². The Kier molecular flexibility index (Phi) is 4.49. The van der Waals surface area contributed by atoms with Crippen LogP contribution in [0.5, 0.6) is 0 Å². The highest BCUT2D eigenvalue weighted by molar-refractivity contribution is 7.80. The molecule has 3 heteroatoms. The van der Waals surface area contributed by atoms with E-state index in [9.17, 15) is 4.79 Å². The first kappa shape index (κ1) is 12.5. The Balaban J connectivity index is 2.18. The van der Waals surface area contributed by atoms with Crippen LogP contribution in [-0.2, 0) is 11.2 Å². The Bertz CT molecular complexity index is 392. The van der Waals surface area contributed by atoms with Crippen molar-refractivity contribution in [2.45, 2.75) is 32.1 Å². The SMILES string of the molecule is O=C1CCCc2ccccc2N1CCCCS. The molecule has 2 nitrogen and oxygen atoms in total. The summed E-state index contributed by atoms with van der Waals surface area (Å²) in [6, 6.07) is 8.28. The first-order valence-electron chi connectivity index (χ1n) is 6.32. The van der Waals surface area contributed by atoms with E-state index in [0.717, 1.165) is 43.7 Å². The molecule has 1 aromatic rings. The Morgan fingerprint density at radius 3 is 2.82 bits per heavy atom. The highest BCUT2D eigenvalue weighted by Gasteiger charge is 2.20. The third-order valence-electron chi connectivity index (χ3n) is 3.21. The fourth-order valence-corrected chi connectivity index (χ4v) is 2.54. The number of amides is 1. The van der Waals surface area contributed by atoms with Gasteiger partial charge >= 0.3 is 0 Å². The molecule has 17 heavy (non-hydrogen) atoms. The van der Waals surface area contributed by atoms with Crippen LogP contribution in [0.15, 0.2) is 24.3 Å². The lowest BCUT2D eigenvalue weighted by Crippen LogP contribution is -2.31. The third kappa shape index (κ3) is 3.03. The van der Waals surface area contributed by atoms with Crippen LogP contribution in [0.2, 0.25) is 0 Å². The smallest absolute Gasteiger partial charge is 0.226 e. The van der Waals surface area contributed by atoms with Gasteiger partial charge in [0.1, 0.15) is 0 Å². The number of anilines is 1. The quantitative estimate of drug-likeness (QED) is 0.642. The molecule has 2 rings (SSSR count). The minimum absolute atomic E-state index is 0.272. The second kappa shape index (κ2) is 6.10. The largest absolute Gasteiger partial charge is 0.312 e. The highest BCUT2D eigenvalue weighted by atomic mass is 32.1. The van der Waals surface area contributed by atoms with Gasteiger partial charge < -0.3 is 4.90 Å². The van der Waals surface area contributed by atoms with E-state index in [1.807, 2.05) is 11.0 Å². The Morgan fingerprint density at radius 2 is 2.00 bits per heavy atom. The molecule has 1 heterocycles. The number of aryl methyl sites for hydroxylation is 1. The number of hydrogen-bond acceptors (Lipinski definition) is 2. The number of carbonyl (C=O) groups is 1. The van der Waals surface area contributed by atoms with Gasteiger partial charge in [0.15, 0.2) is 0 Å². The number of carbonyl (C=O) groups excluding carboxylic acids is 1. The van der Waals surface area contributed by atoms with Crippen molar-refractivity contribution in [3.05, 3.63) is 29.8 Å². The summed E-state index contributed by atoms with van der Waals surface area (Å²) in [7, 11) is 0. The van der Waals surface area contributed by atoms with Gasteiger partial charge in [-0.05, 0) is 43.1 Å². The summed E-state index contributed by atoms with van der Waals surface area (Å²) in [5.41, 5.74) is 2.43. The van der Waals surface area contributed by atoms with Gasteiger partial charge in [-0.2, -0.15) is 12.6 Å². The van der Waals surface area contributed by atoms with Crippen molar-refractivity contribution in [2.75, 3.05) is 17.2 Å². The average molecular weight is 249 g/mol. The molecule has 1 aromatic carbocycles. The molecule has 0 atom stereocenters. The van der Waals surface area contributed by atoms with Crippen LogP contribution in [0.3, 0.4) is 0 Å². The van der Waals surface area contributed by atoms with Gasteiger partial charge in [-0.25, -0.2) is 0 Å². The first-order valence-corrected chi connectivity index (χ1v) is 6.95. The van der Waals surface area contributed by atoms with E-state index in [-0.39, 0.29) is 5.91 Å². The van der Waals surface area contributed by atoms with Gasteiger partial charge in [0, 0.05) is 18.7 Å². The van der Waals surface area contributed by atoms with Crippen LogP contribution < -0.4 is 4.90 Å². The van der Waals surface area contributed by atoms with E-state index in [1.165, 1.54) is 5.56 Å². The van der Waals surface area contributed by atoms with E-state index in [1.54, 1.807) is 0 Å². The summed E-state index contributed by atoms with van der Waals surface area (Å²) in [5, 5.41) is 0. The summed E-state index contributed by atoms with van der Waals surface area (Å²) in [6.07, 6.45) is 4.76. The minimum Gasteiger partial charge on any atom is -0.312 e. The molecule has 1 aliphatic heterocycles. The first-order chi connectivity index (χ1) is 8.33. The summed E-state index contributed by atoms with van der Waals surface area (Å²) in [5.74, 6) is 1.16. The van der Waals surface area contributed by atoms with E-state index < -0.39 is 0 Å². The maximum absolute atomic E-state index is 12.1. The zero-order valence-corrected chi connectivity index (χ0v) is 11.0. The normalized spacial score (nSPS) is 15.6. The van der Waals surface area contributed by atoms with Gasteiger partial charge in [0.25, 0.3) is 0 Å². The Labute approximate surface area is 108 Å². The molecule has 1 amide bonds. The number of thiol groups is 1. The van der Waals surface area contributed by atoms with E-state index in [2.05, 4.69) is 30.8 Å². The van der Waals surface area contributed by atoms with Gasteiger partial charge in [0.2, 0.25) is 5.91 Å². The molecule has 0 spiro atoms. The van der Waals surface area contributed by atoms with Crippen LogP contribution in [0.4, 0.5) is 5.69 Å². The third-order valence-corrected chi connectivity index (χ3v) is 3.53. The monoisotopic (exact) mass is 249 g/mol. The van der Waals surface area contributed by atoms with Crippen LogP contribution in [-0.4, -0.2) is 18.2 Å². The van der Waals surface area contributed by atoms with E-state index >= 15 is 0 Å². The number of benzene rings is 1. The summed E-state index contributed by atoms with van der Waals surface area (Å²) < 4.78 is 0. The molecule has 0 saturated carbocycles. The zero-order chi connectivity index (χ0) is 12.1. The van der Waals surface area contributed by atoms with Crippen molar-refractivity contribution in [3.63, 3.8) is 0 Å². The molecule has 0 bridgehead atoms. The van der Waals surface area contributed by atoms with Crippen molar-refractivity contribution in [2.24, 2.45) is 0 Å². The predicted molar refractivity (Wildman–Crippen MR) is 74.8 cm³/mol. The molecule has 0 aromatic heterocycles. The van der Waals surface area contributed by atoms with Crippen molar-refractivity contribution >= 4 is 24.2 Å². The molecular weight excluding hydrogens is 230 g/mol. The minimum atomic E-state index is 0.272. The molecule has 0 saturated heterocycles. The second-order valence-electron chi connectivity index (χ2n) is 4.46. The second-order valence-corrected chi connectivity index (χ2v) is 4.91. The zero-order valence-electron chi connectivity index (χ0n) is 10.1. The molecular formula is C14H19NOS. The predicted octanol–water partition coefficient (Wildman–Crippen LogP) is 3.07. The van der Waals surface area contributed by atoms with Crippen LogP contribution >= 0.6 is 12.6 Å². The molecule has 1 aliphatic rings. The lowest BCUT2D eigenvalue weighted by Gasteiger charge is -2.22. The van der Waals surface area contributed by atoms with Crippen molar-refractivity contribution in [1.82, 2.24) is 0 Å². The van der Waals surface area contributed by atoms with E-state index in [4.69, 9.17) is 0 Å². The molecule has 0 N–H and O–H groups in total. The summed E-state index contributed by atoms with van der Waals surface area (Å²) >= 11 is 4.21. The lowest BCUT2D eigenvalue weighted by atomic mass is 10.1. The van der Waals surface area contributed by atoms with Gasteiger partial charge in [0.05, 0.1) is 0 Å². The molecule has 0 radical (unpaired) electrons. The maximum Gasteiger partial charge on any atom is 0.226 e. The Hall–Kier alpha value is -0.960. The van der Waals surface area contributed by atoms with Crippen molar-refractivity contribution in [1.29, 1.82) is 0 Å². The number of unbranched alkanes of at least 4 members (excludes halogenated alkanes) is 1. The molecule has 0 fully saturated rings. The van der Waals surface area contributed by atoms with Crippen molar-refractivity contribution in [3.8, 4) is 0 Å². The van der Waals surface area contributed by atoms with Gasteiger partial charge in [-0.3, -0.25) is 4.79 Å².